The van der Waals surface area contributed by atoms with E-state index in [1.807, 2.05) is 31.2 Å². The highest BCUT2D eigenvalue weighted by molar-refractivity contribution is 6.32. The molecular formula is C25H20ClN3O3. The van der Waals surface area contributed by atoms with Crippen molar-refractivity contribution in [2.24, 2.45) is 0 Å². The third-order valence-corrected chi connectivity index (χ3v) is 4.98. The molecule has 1 N–H and O–H groups in total. The average molecular weight is 446 g/mol. The van der Waals surface area contributed by atoms with Crippen LogP contribution in [0.2, 0.25) is 5.02 Å². The van der Waals surface area contributed by atoms with Gasteiger partial charge in [0.1, 0.15) is 11.5 Å². The van der Waals surface area contributed by atoms with Crippen LogP contribution in [-0.4, -0.2) is 23.0 Å². The van der Waals surface area contributed by atoms with Gasteiger partial charge >= 0.3 is 0 Å². The Bertz CT molecular complexity index is 1240. The van der Waals surface area contributed by atoms with E-state index < -0.39 is 0 Å². The highest BCUT2D eigenvalue weighted by Gasteiger charge is 2.10. The molecule has 6 nitrogen and oxygen atoms in total. The first kappa shape index (κ1) is 21.3. The van der Waals surface area contributed by atoms with Gasteiger partial charge in [-0.3, -0.25) is 4.79 Å². The number of benzene rings is 3. The molecule has 0 bridgehead atoms. The van der Waals surface area contributed by atoms with Crippen LogP contribution >= 0.6 is 11.6 Å². The van der Waals surface area contributed by atoms with E-state index in [0.29, 0.717) is 39.5 Å². The van der Waals surface area contributed by atoms with E-state index >= 15 is 0 Å². The minimum absolute atomic E-state index is 0.263. The highest BCUT2D eigenvalue weighted by atomic mass is 35.5. The van der Waals surface area contributed by atoms with Crippen molar-refractivity contribution in [2.75, 3.05) is 12.4 Å². The standard InChI is InChI=1S/C25H20ClN3O3/c1-16-3-5-17(6-4-16)24-27-14-13-23(29-24)32-20-10-7-18(8-11-20)25(30)28-19-9-12-22(31-2)21(26)15-19/h3-15H,1-2H3,(H,28,30). The van der Waals surface area contributed by atoms with Gasteiger partial charge in [0.05, 0.1) is 12.1 Å². The predicted octanol–water partition coefficient (Wildman–Crippen LogP) is 6.16. The zero-order valence-electron chi connectivity index (χ0n) is 17.5. The van der Waals surface area contributed by atoms with Crippen molar-refractivity contribution in [1.82, 2.24) is 9.97 Å². The molecule has 0 spiro atoms. The Morgan fingerprint density at radius 2 is 1.72 bits per heavy atom. The number of anilines is 1. The molecule has 0 fully saturated rings. The molecule has 1 heterocycles. The van der Waals surface area contributed by atoms with E-state index in [9.17, 15) is 4.79 Å². The van der Waals surface area contributed by atoms with Crippen molar-refractivity contribution >= 4 is 23.2 Å². The van der Waals surface area contributed by atoms with Crippen molar-refractivity contribution in [3.63, 3.8) is 0 Å². The fourth-order valence-corrected chi connectivity index (χ4v) is 3.24. The van der Waals surface area contributed by atoms with E-state index in [4.69, 9.17) is 21.1 Å². The van der Waals surface area contributed by atoms with E-state index in [1.165, 1.54) is 12.7 Å². The van der Waals surface area contributed by atoms with E-state index in [1.54, 1.807) is 54.7 Å². The predicted molar refractivity (Wildman–Crippen MR) is 125 cm³/mol. The number of amides is 1. The number of aryl methyl sites for hydroxylation is 1. The molecule has 1 amide bonds. The quantitative estimate of drug-likeness (QED) is 0.385. The van der Waals surface area contributed by atoms with Crippen LogP contribution in [0.25, 0.3) is 11.4 Å². The molecule has 1 aromatic heterocycles. The van der Waals surface area contributed by atoms with Crippen molar-refractivity contribution in [3.8, 4) is 28.8 Å². The first-order valence-corrected chi connectivity index (χ1v) is 10.2. The number of methoxy groups -OCH3 is 1. The fourth-order valence-electron chi connectivity index (χ4n) is 2.98. The van der Waals surface area contributed by atoms with Gasteiger partial charge in [0.2, 0.25) is 5.88 Å². The molecule has 0 atom stereocenters. The lowest BCUT2D eigenvalue weighted by Gasteiger charge is -2.09. The molecule has 0 aliphatic carbocycles. The van der Waals surface area contributed by atoms with Gasteiger partial charge in [0, 0.05) is 29.1 Å². The molecule has 0 unspecified atom stereocenters. The van der Waals surface area contributed by atoms with Crippen molar-refractivity contribution in [2.45, 2.75) is 6.92 Å². The number of nitrogens with zero attached hydrogens (tertiary/aromatic N) is 2. The number of hydrogen-bond donors (Lipinski definition) is 1. The average Bonchev–Trinajstić information content (AvgIpc) is 2.80. The van der Waals surface area contributed by atoms with Crippen LogP contribution in [0, 0.1) is 6.92 Å². The summed E-state index contributed by atoms with van der Waals surface area (Å²) in [5.74, 6) is 1.84. The lowest BCUT2D eigenvalue weighted by Crippen LogP contribution is -2.11. The minimum Gasteiger partial charge on any atom is -0.495 e. The van der Waals surface area contributed by atoms with Gasteiger partial charge in [-0.1, -0.05) is 41.4 Å². The van der Waals surface area contributed by atoms with Crippen molar-refractivity contribution in [1.29, 1.82) is 0 Å². The van der Waals surface area contributed by atoms with Gasteiger partial charge in [-0.05, 0) is 49.4 Å². The van der Waals surface area contributed by atoms with Crippen LogP contribution in [0.4, 0.5) is 5.69 Å². The monoisotopic (exact) mass is 445 g/mol. The molecule has 4 aromatic rings. The van der Waals surface area contributed by atoms with Gasteiger partial charge in [0.25, 0.3) is 5.91 Å². The lowest BCUT2D eigenvalue weighted by atomic mass is 10.1. The third kappa shape index (κ3) is 5.04. The van der Waals surface area contributed by atoms with E-state index in [2.05, 4.69) is 15.3 Å². The maximum atomic E-state index is 12.5. The summed E-state index contributed by atoms with van der Waals surface area (Å²) in [6.07, 6.45) is 1.65. The maximum absolute atomic E-state index is 12.5. The topological polar surface area (TPSA) is 73.3 Å². The van der Waals surface area contributed by atoms with Crippen LogP contribution in [0.1, 0.15) is 15.9 Å². The Morgan fingerprint density at radius 3 is 2.41 bits per heavy atom. The van der Waals surface area contributed by atoms with Gasteiger partial charge in [0.15, 0.2) is 5.82 Å². The van der Waals surface area contributed by atoms with E-state index in [0.717, 1.165) is 5.56 Å². The minimum atomic E-state index is -0.263. The zero-order valence-corrected chi connectivity index (χ0v) is 18.3. The van der Waals surface area contributed by atoms with Gasteiger partial charge in [-0.25, -0.2) is 4.98 Å². The molecular weight excluding hydrogens is 426 g/mol. The number of carbonyl (C=O) groups is 1. The molecule has 3 aromatic carbocycles. The molecule has 0 saturated heterocycles. The molecule has 0 aliphatic heterocycles. The summed E-state index contributed by atoms with van der Waals surface area (Å²) < 4.78 is 11.0. The summed E-state index contributed by atoms with van der Waals surface area (Å²) in [7, 11) is 1.54. The second-order valence-electron chi connectivity index (χ2n) is 7.01. The molecule has 4 rings (SSSR count). The Balaban J connectivity index is 1.44. The molecule has 160 valence electrons. The first-order valence-electron chi connectivity index (χ1n) is 9.85. The summed E-state index contributed by atoms with van der Waals surface area (Å²) in [6, 6.07) is 21.5. The summed E-state index contributed by atoms with van der Waals surface area (Å²) in [5.41, 5.74) is 3.13. The SMILES string of the molecule is COc1ccc(NC(=O)c2ccc(Oc3ccnc(-c4ccc(C)cc4)n3)cc2)cc1Cl. The Morgan fingerprint density at radius 1 is 0.969 bits per heavy atom. The Labute approximate surface area is 190 Å². The molecule has 0 saturated carbocycles. The fraction of sp³-hybridized carbons (Fsp3) is 0.0800. The van der Waals surface area contributed by atoms with Crippen LogP contribution in [0.3, 0.4) is 0 Å². The smallest absolute Gasteiger partial charge is 0.255 e. The maximum Gasteiger partial charge on any atom is 0.255 e. The number of aromatic nitrogens is 2. The summed E-state index contributed by atoms with van der Waals surface area (Å²) in [6.45, 7) is 2.03. The first-order chi connectivity index (χ1) is 15.5. The van der Waals surface area contributed by atoms with Gasteiger partial charge in [-0.2, -0.15) is 4.98 Å². The van der Waals surface area contributed by atoms with Crippen LogP contribution in [0.15, 0.2) is 79.0 Å². The van der Waals surface area contributed by atoms with Crippen molar-refractivity contribution in [3.05, 3.63) is 95.1 Å². The number of halogens is 1. The number of ether oxygens (including phenoxy) is 2. The molecule has 32 heavy (non-hydrogen) atoms. The normalized spacial score (nSPS) is 10.5. The summed E-state index contributed by atoms with van der Waals surface area (Å²) >= 11 is 6.11. The molecule has 0 radical (unpaired) electrons. The Kier molecular flexibility index (Phi) is 6.33. The van der Waals surface area contributed by atoms with Crippen LogP contribution < -0.4 is 14.8 Å². The lowest BCUT2D eigenvalue weighted by molar-refractivity contribution is 0.102. The number of nitrogens with one attached hydrogen (secondary N) is 1. The van der Waals surface area contributed by atoms with Gasteiger partial charge < -0.3 is 14.8 Å². The largest absolute Gasteiger partial charge is 0.495 e. The second kappa shape index (κ2) is 9.49. The number of rotatable bonds is 6. The molecule has 0 aliphatic rings. The third-order valence-electron chi connectivity index (χ3n) is 4.69. The molecule has 7 heteroatoms. The summed E-state index contributed by atoms with van der Waals surface area (Å²) in [5, 5.41) is 3.23. The highest BCUT2D eigenvalue weighted by Crippen LogP contribution is 2.28. The van der Waals surface area contributed by atoms with Gasteiger partial charge in [-0.15, -0.1) is 0 Å². The van der Waals surface area contributed by atoms with Crippen molar-refractivity contribution < 1.29 is 14.3 Å². The van der Waals surface area contributed by atoms with E-state index in [-0.39, 0.29) is 5.91 Å². The summed E-state index contributed by atoms with van der Waals surface area (Å²) in [4.78, 5) is 21.3. The van der Waals surface area contributed by atoms with Crippen LogP contribution in [-0.2, 0) is 0 Å². The second-order valence-corrected chi connectivity index (χ2v) is 7.42. The van der Waals surface area contributed by atoms with Crippen LogP contribution in [0.5, 0.6) is 17.4 Å². The zero-order chi connectivity index (χ0) is 22.5. The number of hydrogen-bond acceptors (Lipinski definition) is 5. The Hall–Kier alpha value is -3.90. The number of carbonyl (C=O) groups excluding carboxylic acids is 1.